The molecule has 0 spiro atoms. The molecule has 2 aliphatic rings. The quantitative estimate of drug-likeness (QED) is 0.750. The summed E-state index contributed by atoms with van der Waals surface area (Å²) < 4.78 is 0. The highest BCUT2D eigenvalue weighted by Gasteiger charge is 2.25. The summed E-state index contributed by atoms with van der Waals surface area (Å²) in [7, 11) is 0. The van der Waals surface area contributed by atoms with Gasteiger partial charge in [0, 0.05) is 53.2 Å². The van der Waals surface area contributed by atoms with Crippen LogP contribution in [0.2, 0.25) is 0 Å². The molecule has 28 heavy (non-hydrogen) atoms. The maximum absolute atomic E-state index is 11.3. The van der Waals surface area contributed by atoms with Crippen molar-refractivity contribution in [1.82, 2.24) is 14.8 Å². The number of anilines is 1. The van der Waals surface area contributed by atoms with Crippen LogP contribution in [0, 0.1) is 5.41 Å². The Morgan fingerprint density at radius 3 is 2.75 bits per heavy atom. The number of fused-ring (bicyclic) bond motifs is 1. The maximum atomic E-state index is 11.3. The molecule has 3 rings (SSSR count). The lowest BCUT2D eigenvalue weighted by molar-refractivity contribution is -0.116. The lowest BCUT2D eigenvalue weighted by Gasteiger charge is -2.41. The van der Waals surface area contributed by atoms with Crippen molar-refractivity contribution in [2.24, 2.45) is 5.73 Å². The Hall–Kier alpha value is -2.06. The van der Waals surface area contributed by atoms with Gasteiger partial charge in [-0.1, -0.05) is 13.8 Å². The molecule has 1 saturated heterocycles. The van der Waals surface area contributed by atoms with Gasteiger partial charge in [0.1, 0.15) is 5.69 Å². The van der Waals surface area contributed by atoms with Crippen molar-refractivity contribution in [2.75, 3.05) is 37.6 Å². The van der Waals surface area contributed by atoms with E-state index in [1.165, 1.54) is 26.3 Å². The summed E-state index contributed by atoms with van der Waals surface area (Å²) >= 11 is 5.00. The Morgan fingerprint density at radius 1 is 1.39 bits per heavy atom. The summed E-state index contributed by atoms with van der Waals surface area (Å²) in [6.45, 7) is 10.9. The summed E-state index contributed by atoms with van der Waals surface area (Å²) in [6, 6.07) is 4.25. The third kappa shape index (κ3) is 5.48. The van der Waals surface area contributed by atoms with Gasteiger partial charge in [0.05, 0.1) is 11.4 Å². The molecule has 3 N–H and O–H groups in total. The SMILES string of the molecule is CC(=O)N1CCC(=N)c2ncccc21.CCCN1CCN(C(N)=S)CC1CC.[HH]. The number of rotatable bonds is 3. The van der Waals surface area contributed by atoms with Crippen LogP contribution in [0.5, 0.6) is 0 Å². The van der Waals surface area contributed by atoms with E-state index in [9.17, 15) is 4.79 Å². The van der Waals surface area contributed by atoms with Crippen LogP contribution in [0.1, 0.15) is 47.2 Å². The number of hydrogen-bond donors (Lipinski definition) is 2. The highest BCUT2D eigenvalue weighted by Crippen LogP contribution is 2.24. The zero-order valence-electron chi connectivity index (χ0n) is 17.1. The van der Waals surface area contributed by atoms with E-state index in [0.29, 0.717) is 35.5 Å². The topological polar surface area (TPSA) is 89.6 Å². The molecule has 1 unspecified atom stereocenters. The van der Waals surface area contributed by atoms with Crippen LogP contribution < -0.4 is 10.6 Å². The number of hydrogen-bond acceptors (Lipinski definition) is 5. The summed E-state index contributed by atoms with van der Waals surface area (Å²) in [5.41, 5.74) is 7.55. The highest BCUT2D eigenvalue weighted by molar-refractivity contribution is 7.80. The van der Waals surface area contributed by atoms with Crippen LogP contribution in [0.3, 0.4) is 0 Å². The summed E-state index contributed by atoms with van der Waals surface area (Å²) in [6.07, 6.45) is 4.64. The summed E-state index contributed by atoms with van der Waals surface area (Å²) in [5.74, 6) is 0.00625. The number of pyridine rings is 1. The Labute approximate surface area is 174 Å². The summed E-state index contributed by atoms with van der Waals surface area (Å²) in [5, 5.41) is 8.26. The van der Waals surface area contributed by atoms with Crippen molar-refractivity contribution < 1.29 is 6.22 Å². The molecule has 2 aliphatic heterocycles. The van der Waals surface area contributed by atoms with Gasteiger partial charge >= 0.3 is 0 Å². The van der Waals surface area contributed by atoms with Gasteiger partial charge in [0.2, 0.25) is 5.91 Å². The monoisotopic (exact) mass is 406 g/mol. The fraction of sp³-hybridized carbons (Fsp3) is 0.600. The Morgan fingerprint density at radius 2 is 2.14 bits per heavy atom. The average Bonchev–Trinajstić information content (AvgIpc) is 2.69. The number of aromatic nitrogens is 1. The van der Waals surface area contributed by atoms with Gasteiger partial charge < -0.3 is 20.9 Å². The molecule has 0 aromatic carbocycles. The third-order valence-corrected chi connectivity index (χ3v) is 5.49. The standard InChI is InChI=1S/C10H11N3O.C10H21N3S.H2/c1-7(14)13-6-4-8(11)10-9(13)3-2-5-12-10;1-3-5-12-6-7-13(10(11)14)8-9(12)4-2;/h2-3,5,11H,4,6H2,1H3;9H,3-8H2,1-2H3,(H2,11,14);1H. The van der Waals surface area contributed by atoms with E-state index in [1.54, 1.807) is 17.2 Å². The van der Waals surface area contributed by atoms with Gasteiger partial charge in [-0.05, 0) is 43.7 Å². The van der Waals surface area contributed by atoms with Crippen molar-refractivity contribution in [3.8, 4) is 0 Å². The number of nitrogens with one attached hydrogen (secondary N) is 1. The van der Waals surface area contributed by atoms with E-state index < -0.39 is 0 Å². The minimum atomic E-state index is 0. The van der Waals surface area contributed by atoms with Gasteiger partial charge in [-0.25, -0.2) is 0 Å². The van der Waals surface area contributed by atoms with Gasteiger partial charge in [0.25, 0.3) is 0 Å². The van der Waals surface area contributed by atoms with Gasteiger partial charge in [-0.15, -0.1) is 0 Å². The zero-order valence-corrected chi connectivity index (χ0v) is 18.0. The van der Waals surface area contributed by atoms with Gasteiger partial charge in [-0.3, -0.25) is 14.7 Å². The number of nitrogens with zero attached hydrogens (tertiary/aromatic N) is 4. The van der Waals surface area contributed by atoms with E-state index in [1.807, 2.05) is 6.07 Å². The van der Waals surface area contributed by atoms with Crippen molar-refractivity contribution in [1.29, 1.82) is 5.41 Å². The van der Waals surface area contributed by atoms with Crippen LogP contribution in [0.15, 0.2) is 18.3 Å². The maximum Gasteiger partial charge on any atom is 0.223 e. The molecule has 1 aromatic rings. The number of nitrogens with two attached hydrogens (primary N) is 1. The van der Waals surface area contributed by atoms with Crippen molar-refractivity contribution in [3.63, 3.8) is 0 Å². The smallest absolute Gasteiger partial charge is 0.223 e. The van der Waals surface area contributed by atoms with Crippen LogP contribution in [0.4, 0.5) is 5.69 Å². The second kappa shape index (κ2) is 10.5. The first-order chi connectivity index (χ1) is 13.4. The molecule has 8 heteroatoms. The molecule has 1 fully saturated rings. The summed E-state index contributed by atoms with van der Waals surface area (Å²) in [4.78, 5) is 21.7. The van der Waals surface area contributed by atoms with Crippen molar-refractivity contribution in [2.45, 2.75) is 46.1 Å². The minimum absolute atomic E-state index is 0. The van der Waals surface area contributed by atoms with E-state index in [4.69, 9.17) is 23.4 Å². The molecule has 3 heterocycles. The van der Waals surface area contributed by atoms with Gasteiger partial charge in [-0.2, -0.15) is 0 Å². The predicted octanol–water partition coefficient (Wildman–Crippen LogP) is 2.49. The van der Waals surface area contributed by atoms with Crippen LogP contribution >= 0.6 is 12.2 Å². The number of piperazine rings is 1. The van der Waals surface area contributed by atoms with Crippen LogP contribution in [-0.2, 0) is 4.79 Å². The molecule has 0 radical (unpaired) electrons. The lowest BCUT2D eigenvalue weighted by Crippen LogP contribution is -2.55. The fourth-order valence-electron chi connectivity index (χ4n) is 3.70. The number of amides is 1. The van der Waals surface area contributed by atoms with E-state index in [2.05, 4.69) is 28.6 Å². The molecule has 1 atom stereocenters. The molecule has 1 amide bonds. The first-order valence-corrected chi connectivity index (χ1v) is 10.4. The molecular weight excluding hydrogens is 372 g/mol. The lowest BCUT2D eigenvalue weighted by atomic mass is 10.1. The number of carbonyl (C=O) groups excluding carboxylic acids is 1. The molecule has 0 saturated carbocycles. The number of carbonyl (C=O) groups is 1. The Bertz CT molecular complexity index is 716. The third-order valence-electron chi connectivity index (χ3n) is 5.23. The largest absolute Gasteiger partial charge is 0.376 e. The molecule has 0 aliphatic carbocycles. The first kappa shape index (κ1) is 22.2. The second-order valence-corrected chi connectivity index (χ2v) is 7.57. The van der Waals surface area contributed by atoms with E-state index in [-0.39, 0.29) is 7.33 Å². The molecule has 0 bridgehead atoms. The molecule has 156 valence electrons. The first-order valence-electron chi connectivity index (χ1n) is 9.98. The van der Waals surface area contributed by atoms with E-state index in [0.717, 1.165) is 25.3 Å². The number of thiocarbonyl (C=S) groups is 1. The highest BCUT2D eigenvalue weighted by atomic mass is 32.1. The predicted molar refractivity (Wildman–Crippen MR) is 120 cm³/mol. The second-order valence-electron chi connectivity index (χ2n) is 7.15. The zero-order chi connectivity index (χ0) is 20.7. The normalized spacial score (nSPS) is 19.5. The van der Waals surface area contributed by atoms with Crippen LogP contribution in [-0.4, -0.2) is 70.3 Å². The fourth-order valence-corrected chi connectivity index (χ4v) is 3.86. The molecule has 1 aromatic heterocycles. The van der Waals surface area contributed by atoms with Gasteiger partial charge in [0.15, 0.2) is 5.11 Å². The Balaban J connectivity index is 0.000000280. The van der Waals surface area contributed by atoms with Crippen molar-refractivity contribution in [3.05, 3.63) is 24.0 Å². The molecular formula is C20H34N6OS. The van der Waals surface area contributed by atoms with Crippen molar-refractivity contribution >= 4 is 34.6 Å². The Kier molecular flexibility index (Phi) is 8.32. The van der Waals surface area contributed by atoms with Crippen LogP contribution in [0.25, 0.3) is 0 Å². The average molecular weight is 407 g/mol. The van der Waals surface area contributed by atoms with E-state index >= 15 is 0 Å². The minimum Gasteiger partial charge on any atom is -0.376 e. The molecule has 7 nitrogen and oxygen atoms in total.